The normalized spacial score (nSPS) is 17.9. The van der Waals surface area contributed by atoms with Gasteiger partial charge in [0.05, 0.1) is 19.3 Å². The average molecular weight is 337 g/mol. The lowest BCUT2D eigenvalue weighted by molar-refractivity contribution is 0.0168. The Kier molecular flexibility index (Phi) is 8.55. The summed E-state index contributed by atoms with van der Waals surface area (Å²) in [4.78, 5) is 4.51. The summed E-state index contributed by atoms with van der Waals surface area (Å²) in [7, 11) is 0. The number of rotatable bonds is 9. The van der Waals surface area contributed by atoms with E-state index < -0.39 is 0 Å². The van der Waals surface area contributed by atoms with Crippen LogP contribution in [0.5, 0.6) is 0 Å². The van der Waals surface area contributed by atoms with Gasteiger partial charge in [0.1, 0.15) is 5.82 Å². The molecule has 2 rings (SSSR count). The van der Waals surface area contributed by atoms with E-state index in [1.165, 1.54) is 12.1 Å². The minimum absolute atomic E-state index is 0.226. The minimum atomic E-state index is -0.226. The van der Waals surface area contributed by atoms with Gasteiger partial charge in [-0.1, -0.05) is 12.1 Å². The van der Waals surface area contributed by atoms with E-state index >= 15 is 0 Å². The molecule has 2 N–H and O–H groups in total. The van der Waals surface area contributed by atoms with Crippen LogP contribution in [0, 0.1) is 5.82 Å². The van der Waals surface area contributed by atoms with E-state index in [0.717, 1.165) is 50.5 Å². The fraction of sp³-hybridized carbons (Fsp3) is 0.611. The summed E-state index contributed by atoms with van der Waals surface area (Å²) in [5, 5.41) is 6.49. The highest BCUT2D eigenvalue weighted by Gasteiger charge is 2.14. The number of ether oxygens (including phenoxy) is 2. The number of nitrogens with zero attached hydrogens (tertiary/aromatic N) is 1. The maximum absolute atomic E-state index is 12.9. The molecular formula is C18H28FN3O2. The first-order valence-corrected chi connectivity index (χ1v) is 8.74. The van der Waals surface area contributed by atoms with Crippen molar-refractivity contribution in [2.45, 2.75) is 38.8 Å². The van der Waals surface area contributed by atoms with Crippen LogP contribution in [-0.2, 0) is 16.0 Å². The standard InChI is InChI=1S/C18H28FN3O2/c1-2-20-18(22-13-15-6-8-16(19)9-7-15)21-10-4-11-23-14-17-5-3-12-24-17/h6-9,17H,2-5,10-14H2,1H3,(H2,20,21,22). The van der Waals surface area contributed by atoms with Gasteiger partial charge in [-0.25, -0.2) is 9.38 Å². The van der Waals surface area contributed by atoms with E-state index in [9.17, 15) is 4.39 Å². The van der Waals surface area contributed by atoms with Gasteiger partial charge in [0.15, 0.2) is 5.96 Å². The molecule has 1 aromatic carbocycles. The predicted molar refractivity (Wildman–Crippen MR) is 93.6 cm³/mol. The molecule has 0 spiro atoms. The smallest absolute Gasteiger partial charge is 0.191 e. The lowest BCUT2D eigenvalue weighted by Gasteiger charge is -2.12. The van der Waals surface area contributed by atoms with Gasteiger partial charge >= 0.3 is 0 Å². The molecule has 1 aliphatic rings. The highest BCUT2D eigenvalue weighted by atomic mass is 19.1. The summed E-state index contributed by atoms with van der Waals surface area (Å²) in [6.45, 7) is 6.41. The largest absolute Gasteiger partial charge is 0.379 e. The van der Waals surface area contributed by atoms with Gasteiger partial charge in [-0.15, -0.1) is 0 Å². The molecule has 1 aromatic rings. The molecule has 0 bridgehead atoms. The van der Waals surface area contributed by atoms with Crippen molar-refractivity contribution in [3.8, 4) is 0 Å². The third kappa shape index (κ3) is 7.27. The van der Waals surface area contributed by atoms with Gasteiger partial charge < -0.3 is 20.1 Å². The maximum atomic E-state index is 12.9. The topological polar surface area (TPSA) is 54.9 Å². The number of guanidine groups is 1. The first-order valence-electron chi connectivity index (χ1n) is 8.74. The maximum Gasteiger partial charge on any atom is 0.191 e. The van der Waals surface area contributed by atoms with Crippen LogP contribution in [0.25, 0.3) is 0 Å². The van der Waals surface area contributed by atoms with Crippen LogP contribution >= 0.6 is 0 Å². The molecule has 0 aromatic heterocycles. The van der Waals surface area contributed by atoms with Crippen LogP contribution in [-0.4, -0.2) is 45.0 Å². The van der Waals surface area contributed by atoms with Gasteiger partial charge in [0.2, 0.25) is 0 Å². The summed E-state index contributed by atoms with van der Waals surface area (Å²) >= 11 is 0. The van der Waals surface area contributed by atoms with Crippen LogP contribution in [0.3, 0.4) is 0 Å². The first-order chi connectivity index (χ1) is 11.8. The van der Waals surface area contributed by atoms with E-state index in [1.807, 2.05) is 6.92 Å². The number of halogens is 1. The minimum Gasteiger partial charge on any atom is -0.379 e. The van der Waals surface area contributed by atoms with Crippen LogP contribution in [0.2, 0.25) is 0 Å². The number of aliphatic imine (C=N–C) groups is 1. The van der Waals surface area contributed by atoms with Gasteiger partial charge in [0.25, 0.3) is 0 Å². The van der Waals surface area contributed by atoms with Crippen LogP contribution in [0.4, 0.5) is 4.39 Å². The van der Waals surface area contributed by atoms with E-state index in [2.05, 4.69) is 15.6 Å². The number of nitrogens with one attached hydrogen (secondary N) is 2. The molecule has 0 radical (unpaired) electrons. The summed E-state index contributed by atoms with van der Waals surface area (Å²) in [6.07, 6.45) is 3.45. The number of hydrogen-bond acceptors (Lipinski definition) is 3. The summed E-state index contributed by atoms with van der Waals surface area (Å²) in [5.41, 5.74) is 0.980. The van der Waals surface area contributed by atoms with Crippen LogP contribution < -0.4 is 10.6 Å². The third-order valence-corrected chi connectivity index (χ3v) is 3.76. The van der Waals surface area contributed by atoms with Crippen molar-refractivity contribution in [3.63, 3.8) is 0 Å². The lowest BCUT2D eigenvalue weighted by Crippen LogP contribution is -2.38. The Morgan fingerprint density at radius 3 is 2.88 bits per heavy atom. The second-order valence-electron chi connectivity index (χ2n) is 5.81. The number of hydrogen-bond donors (Lipinski definition) is 2. The molecule has 5 nitrogen and oxygen atoms in total. The van der Waals surface area contributed by atoms with Crippen molar-refractivity contribution in [2.75, 3.05) is 32.9 Å². The Hall–Kier alpha value is -1.66. The van der Waals surface area contributed by atoms with E-state index in [0.29, 0.717) is 19.8 Å². The summed E-state index contributed by atoms with van der Waals surface area (Å²) in [6, 6.07) is 6.41. The van der Waals surface area contributed by atoms with Gasteiger partial charge in [0, 0.05) is 26.3 Å². The molecule has 1 heterocycles. The average Bonchev–Trinajstić information content (AvgIpc) is 3.10. The zero-order chi connectivity index (χ0) is 17.0. The third-order valence-electron chi connectivity index (χ3n) is 3.76. The van der Waals surface area contributed by atoms with Crippen molar-refractivity contribution in [2.24, 2.45) is 4.99 Å². The molecule has 1 saturated heterocycles. The second kappa shape index (κ2) is 11.0. The monoisotopic (exact) mass is 337 g/mol. The van der Waals surface area contributed by atoms with Crippen molar-refractivity contribution < 1.29 is 13.9 Å². The Labute approximate surface area is 143 Å². The van der Waals surface area contributed by atoms with Crippen molar-refractivity contribution in [3.05, 3.63) is 35.6 Å². The van der Waals surface area contributed by atoms with E-state index in [4.69, 9.17) is 9.47 Å². The molecule has 134 valence electrons. The molecule has 24 heavy (non-hydrogen) atoms. The summed E-state index contributed by atoms with van der Waals surface area (Å²) in [5.74, 6) is 0.539. The lowest BCUT2D eigenvalue weighted by atomic mass is 10.2. The van der Waals surface area contributed by atoms with Gasteiger partial charge in [-0.3, -0.25) is 0 Å². The fourth-order valence-corrected chi connectivity index (χ4v) is 2.47. The van der Waals surface area contributed by atoms with Gasteiger partial charge in [-0.05, 0) is 43.9 Å². The second-order valence-corrected chi connectivity index (χ2v) is 5.81. The molecule has 1 fully saturated rings. The first kappa shape index (κ1) is 18.7. The highest BCUT2D eigenvalue weighted by molar-refractivity contribution is 5.79. The van der Waals surface area contributed by atoms with Crippen molar-refractivity contribution >= 4 is 5.96 Å². The zero-order valence-corrected chi connectivity index (χ0v) is 14.4. The Balaban J connectivity index is 1.62. The van der Waals surface area contributed by atoms with E-state index in [1.54, 1.807) is 12.1 Å². The molecule has 1 aliphatic heterocycles. The Morgan fingerprint density at radius 1 is 1.33 bits per heavy atom. The van der Waals surface area contributed by atoms with Crippen molar-refractivity contribution in [1.29, 1.82) is 0 Å². The quantitative estimate of drug-likeness (QED) is 0.413. The predicted octanol–water partition coefficient (Wildman–Crippen LogP) is 2.47. The van der Waals surface area contributed by atoms with E-state index in [-0.39, 0.29) is 11.9 Å². The Bertz CT molecular complexity index is 488. The fourth-order valence-electron chi connectivity index (χ4n) is 2.47. The number of benzene rings is 1. The molecule has 0 amide bonds. The summed E-state index contributed by atoms with van der Waals surface area (Å²) < 4.78 is 24.1. The highest BCUT2D eigenvalue weighted by Crippen LogP contribution is 2.11. The molecule has 0 saturated carbocycles. The molecule has 1 unspecified atom stereocenters. The van der Waals surface area contributed by atoms with Gasteiger partial charge in [-0.2, -0.15) is 0 Å². The molecular weight excluding hydrogens is 309 g/mol. The van der Waals surface area contributed by atoms with Crippen LogP contribution in [0.1, 0.15) is 31.7 Å². The molecule has 6 heteroatoms. The van der Waals surface area contributed by atoms with Crippen molar-refractivity contribution in [1.82, 2.24) is 10.6 Å². The molecule has 0 aliphatic carbocycles. The van der Waals surface area contributed by atoms with Crippen LogP contribution in [0.15, 0.2) is 29.3 Å². The molecule has 1 atom stereocenters. The Morgan fingerprint density at radius 2 is 2.17 bits per heavy atom. The zero-order valence-electron chi connectivity index (χ0n) is 14.4. The SMILES string of the molecule is CCNC(=NCc1ccc(F)cc1)NCCCOCC1CCCO1.